The van der Waals surface area contributed by atoms with Crippen LogP contribution >= 0.6 is 0 Å². The molecule has 1 heterocycles. The van der Waals surface area contributed by atoms with Crippen molar-refractivity contribution in [1.82, 2.24) is 10.3 Å². The number of nitrogens with one attached hydrogen (secondary N) is 2. The van der Waals surface area contributed by atoms with E-state index in [4.69, 9.17) is 0 Å². The predicted octanol–water partition coefficient (Wildman–Crippen LogP) is 2.14. The maximum Gasteiger partial charge on any atom is 0.248 e. The van der Waals surface area contributed by atoms with Gasteiger partial charge < -0.3 is 10.3 Å². The Kier molecular flexibility index (Phi) is 2.40. The molecule has 0 spiro atoms. The zero-order chi connectivity index (χ0) is 12.0. The Balaban J connectivity index is 1.82. The van der Waals surface area contributed by atoms with Crippen LogP contribution in [0.15, 0.2) is 16.9 Å². The maximum atomic E-state index is 11.3. The first kappa shape index (κ1) is 11.0. The van der Waals surface area contributed by atoms with Crippen molar-refractivity contribution in [3.05, 3.63) is 33.7 Å². The average molecular weight is 232 g/mol. The summed E-state index contributed by atoms with van der Waals surface area (Å²) in [4.78, 5) is 14.3. The van der Waals surface area contributed by atoms with E-state index in [0.29, 0.717) is 17.5 Å². The van der Waals surface area contributed by atoms with Gasteiger partial charge in [-0.2, -0.15) is 0 Å². The predicted molar refractivity (Wildman–Crippen MR) is 68.1 cm³/mol. The third-order valence-corrected chi connectivity index (χ3v) is 4.25. The highest BCUT2D eigenvalue weighted by Gasteiger charge is 2.46. The molecule has 0 aromatic carbocycles. The van der Waals surface area contributed by atoms with Crippen molar-refractivity contribution in [2.24, 2.45) is 5.41 Å². The van der Waals surface area contributed by atoms with Gasteiger partial charge in [0.1, 0.15) is 0 Å². The van der Waals surface area contributed by atoms with Crippen molar-refractivity contribution in [3.63, 3.8) is 0 Å². The van der Waals surface area contributed by atoms with Crippen LogP contribution in [0.4, 0.5) is 0 Å². The summed E-state index contributed by atoms with van der Waals surface area (Å²) in [5.74, 6) is 0. The monoisotopic (exact) mass is 232 g/mol. The molecule has 0 amide bonds. The highest BCUT2D eigenvalue weighted by molar-refractivity contribution is 5.27. The van der Waals surface area contributed by atoms with Crippen molar-refractivity contribution in [3.8, 4) is 0 Å². The molecule has 2 aliphatic rings. The first-order chi connectivity index (χ1) is 8.06. The Morgan fingerprint density at radius 3 is 2.88 bits per heavy atom. The zero-order valence-electron chi connectivity index (χ0n) is 10.5. The summed E-state index contributed by atoms with van der Waals surface area (Å²) >= 11 is 0. The number of hydrogen-bond acceptors (Lipinski definition) is 2. The number of hydrogen-bond donors (Lipinski definition) is 2. The summed E-state index contributed by atoms with van der Waals surface area (Å²) in [6, 6.07) is 4.73. The zero-order valence-corrected chi connectivity index (χ0v) is 10.5. The number of H-pyrrole nitrogens is 1. The highest BCUT2D eigenvalue weighted by atomic mass is 16.1. The van der Waals surface area contributed by atoms with Gasteiger partial charge >= 0.3 is 0 Å². The SMILES string of the molecule is CC1(C)CC1NC1CCCc2[nH]c(=O)ccc21. The van der Waals surface area contributed by atoms with Gasteiger partial charge in [0.05, 0.1) is 0 Å². The fraction of sp³-hybridized carbons (Fsp3) is 0.643. The van der Waals surface area contributed by atoms with E-state index in [2.05, 4.69) is 24.1 Å². The molecule has 1 fully saturated rings. The first-order valence-electron chi connectivity index (χ1n) is 6.54. The van der Waals surface area contributed by atoms with Gasteiger partial charge in [-0.15, -0.1) is 0 Å². The summed E-state index contributed by atoms with van der Waals surface area (Å²) in [7, 11) is 0. The fourth-order valence-electron chi connectivity index (χ4n) is 2.87. The third-order valence-electron chi connectivity index (χ3n) is 4.25. The van der Waals surface area contributed by atoms with Crippen LogP contribution in [-0.4, -0.2) is 11.0 Å². The number of aryl methyl sites for hydroxylation is 1. The topological polar surface area (TPSA) is 44.9 Å². The van der Waals surface area contributed by atoms with Gasteiger partial charge in [-0.25, -0.2) is 0 Å². The number of pyridine rings is 1. The minimum Gasteiger partial charge on any atom is -0.326 e. The standard InChI is InChI=1S/C14H20N2O/c1-14(2)8-12(14)15-10-4-3-5-11-9(10)6-7-13(17)16-11/h6-7,10,12,15H,3-5,8H2,1-2H3,(H,16,17). The summed E-state index contributed by atoms with van der Waals surface area (Å²) in [6.45, 7) is 4.61. The van der Waals surface area contributed by atoms with Crippen molar-refractivity contribution >= 4 is 0 Å². The lowest BCUT2D eigenvalue weighted by Crippen LogP contribution is -2.30. The summed E-state index contributed by atoms with van der Waals surface area (Å²) in [5, 5.41) is 3.74. The molecule has 92 valence electrons. The lowest BCUT2D eigenvalue weighted by atomic mass is 9.91. The minimum atomic E-state index is 0.0242. The normalized spacial score (nSPS) is 29.8. The van der Waals surface area contributed by atoms with E-state index in [-0.39, 0.29) is 5.56 Å². The number of aromatic amines is 1. The average Bonchev–Trinajstić information content (AvgIpc) is 2.86. The first-order valence-corrected chi connectivity index (χ1v) is 6.54. The molecule has 3 heteroatoms. The van der Waals surface area contributed by atoms with Gasteiger partial charge in [0.15, 0.2) is 0 Å². The van der Waals surface area contributed by atoms with Gasteiger partial charge in [-0.3, -0.25) is 4.79 Å². The van der Waals surface area contributed by atoms with Crippen LogP contribution < -0.4 is 10.9 Å². The molecule has 3 nitrogen and oxygen atoms in total. The maximum absolute atomic E-state index is 11.3. The summed E-state index contributed by atoms with van der Waals surface area (Å²) in [5.41, 5.74) is 2.93. The van der Waals surface area contributed by atoms with E-state index in [1.54, 1.807) is 6.07 Å². The van der Waals surface area contributed by atoms with Gasteiger partial charge in [0.25, 0.3) is 0 Å². The number of aromatic nitrogens is 1. The van der Waals surface area contributed by atoms with E-state index >= 15 is 0 Å². The van der Waals surface area contributed by atoms with Gasteiger partial charge in [-0.05, 0) is 36.7 Å². The lowest BCUT2D eigenvalue weighted by molar-refractivity contribution is 0.420. The number of fused-ring (bicyclic) bond motifs is 1. The summed E-state index contributed by atoms with van der Waals surface area (Å²) < 4.78 is 0. The lowest BCUT2D eigenvalue weighted by Gasteiger charge is -2.26. The van der Waals surface area contributed by atoms with Crippen LogP contribution in [0.3, 0.4) is 0 Å². The van der Waals surface area contributed by atoms with Crippen LogP contribution in [-0.2, 0) is 6.42 Å². The van der Waals surface area contributed by atoms with E-state index in [9.17, 15) is 4.79 Å². The Bertz CT molecular complexity index is 489. The van der Waals surface area contributed by atoms with Crippen LogP contribution in [0.2, 0.25) is 0 Å². The van der Waals surface area contributed by atoms with E-state index in [1.165, 1.54) is 18.4 Å². The molecule has 0 bridgehead atoms. The second kappa shape index (κ2) is 3.70. The third kappa shape index (κ3) is 2.04. The van der Waals surface area contributed by atoms with Crippen LogP contribution in [0, 0.1) is 5.41 Å². The molecule has 2 aliphatic carbocycles. The van der Waals surface area contributed by atoms with Crippen molar-refractivity contribution in [2.45, 2.75) is 51.6 Å². The molecule has 2 N–H and O–H groups in total. The molecule has 1 saturated carbocycles. The molecule has 1 aromatic heterocycles. The summed E-state index contributed by atoms with van der Waals surface area (Å²) in [6.07, 6.45) is 4.63. The van der Waals surface area contributed by atoms with Crippen molar-refractivity contribution in [1.29, 1.82) is 0 Å². The Morgan fingerprint density at radius 1 is 1.41 bits per heavy atom. The van der Waals surface area contributed by atoms with Crippen molar-refractivity contribution < 1.29 is 0 Å². The van der Waals surface area contributed by atoms with Crippen molar-refractivity contribution in [2.75, 3.05) is 0 Å². The molecular weight excluding hydrogens is 212 g/mol. The van der Waals surface area contributed by atoms with Crippen LogP contribution in [0.1, 0.15) is 50.4 Å². The molecular formula is C14H20N2O. The Hall–Kier alpha value is -1.09. The van der Waals surface area contributed by atoms with Gasteiger partial charge in [-0.1, -0.05) is 19.9 Å². The van der Waals surface area contributed by atoms with E-state index in [1.807, 2.05) is 6.07 Å². The molecule has 17 heavy (non-hydrogen) atoms. The number of rotatable bonds is 2. The molecule has 0 radical (unpaired) electrons. The minimum absolute atomic E-state index is 0.0242. The Morgan fingerprint density at radius 2 is 2.18 bits per heavy atom. The fourth-order valence-corrected chi connectivity index (χ4v) is 2.87. The highest BCUT2D eigenvalue weighted by Crippen LogP contribution is 2.46. The van der Waals surface area contributed by atoms with Crippen LogP contribution in [0.25, 0.3) is 0 Å². The largest absolute Gasteiger partial charge is 0.326 e. The molecule has 2 atom stereocenters. The molecule has 2 unspecified atom stereocenters. The molecule has 0 saturated heterocycles. The molecule has 3 rings (SSSR count). The smallest absolute Gasteiger partial charge is 0.248 e. The van der Waals surface area contributed by atoms with E-state index < -0.39 is 0 Å². The van der Waals surface area contributed by atoms with Gasteiger partial charge in [0, 0.05) is 23.8 Å². The molecule has 0 aliphatic heterocycles. The molecule has 1 aromatic rings. The second-order valence-corrected chi connectivity index (χ2v) is 6.11. The second-order valence-electron chi connectivity index (χ2n) is 6.11. The van der Waals surface area contributed by atoms with E-state index in [0.717, 1.165) is 18.5 Å². The quantitative estimate of drug-likeness (QED) is 0.820. The van der Waals surface area contributed by atoms with Gasteiger partial charge in [0.2, 0.25) is 5.56 Å². The Labute approximate surface area is 102 Å². The van der Waals surface area contributed by atoms with Crippen LogP contribution in [0.5, 0.6) is 0 Å².